The standard InChI is InChI=1S/C17H24N4O2S/c1-2-23-17-19-18-16(24-17)13-21-10-8-20(9-11-21)12-15(22)14-6-4-3-5-7-14/h3-7,15,22H,2,8-13H2,1H3/t15-/m1/s1. The van der Waals surface area contributed by atoms with Gasteiger partial charge in [0, 0.05) is 32.7 Å². The third-order valence-electron chi connectivity index (χ3n) is 4.16. The first kappa shape index (κ1) is 17.3. The summed E-state index contributed by atoms with van der Waals surface area (Å²) in [5, 5.41) is 20.2. The van der Waals surface area contributed by atoms with Crippen LogP contribution in [0.2, 0.25) is 0 Å². The van der Waals surface area contributed by atoms with Gasteiger partial charge in [-0.3, -0.25) is 9.80 Å². The van der Waals surface area contributed by atoms with Gasteiger partial charge in [0.2, 0.25) is 0 Å². The van der Waals surface area contributed by atoms with Gasteiger partial charge >= 0.3 is 0 Å². The largest absolute Gasteiger partial charge is 0.469 e. The fourth-order valence-electron chi connectivity index (χ4n) is 2.83. The zero-order valence-electron chi connectivity index (χ0n) is 14.0. The van der Waals surface area contributed by atoms with Gasteiger partial charge in [0.25, 0.3) is 5.19 Å². The van der Waals surface area contributed by atoms with Crippen molar-refractivity contribution in [3.05, 3.63) is 40.9 Å². The highest BCUT2D eigenvalue weighted by atomic mass is 32.1. The van der Waals surface area contributed by atoms with E-state index in [0.717, 1.165) is 43.3 Å². The van der Waals surface area contributed by atoms with Gasteiger partial charge in [-0.1, -0.05) is 41.7 Å². The van der Waals surface area contributed by atoms with Crippen molar-refractivity contribution in [1.82, 2.24) is 20.0 Å². The van der Waals surface area contributed by atoms with Gasteiger partial charge < -0.3 is 9.84 Å². The van der Waals surface area contributed by atoms with Crippen molar-refractivity contribution in [1.29, 1.82) is 0 Å². The molecule has 7 heteroatoms. The average Bonchev–Trinajstić information content (AvgIpc) is 3.05. The topological polar surface area (TPSA) is 61.7 Å². The van der Waals surface area contributed by atoms with Crippen LogP contribution in [-0.4, -0.2) is 64.4 Å². The number of aliphatic hydroxyl groups excluding tert-OH is 1. The number of nitrogens with zero attached hydrogens (tertiary/aromatic N) is 4. The maximum atomic E-state index is 10.3. The first-order valence-electron chi connectivity index (χ1n) is 8.37. The lowest BCUT2D eigenvalue weighted by atomic mass is 10.1. The summed E-state index contributed by atoms with van der Waals surface area (Å²) in [6.07, 6.45) is -0.422. The molecule has 1 fully saturated rings. The molecule has 130 valence electrons. The van der Waals surface area contributed by atoms with Crippen LogP contribution in [-0.2, 0) is 6.54 Å². The Morgan fingerprint density at radius 1 is 1.12 bits per heavy atom. The smallest absolute Gasteiger partial charge is 0.294 e. The SMILES string of the molecule is CCOc1nnc(CN2CCN(C[C@@H](O)c3ccccc3)CC2)s1. The molecule has 1 aromatic heterocycles. The molecule has 3 rings (SSSR count). The fraction of sp³-hybridized carbons (Fsp3) is 0.529. The number of ether oxygens (including phenoxy) is 1. The maximum Gasteiger partial charge on any atom is 0.294 e. The van der Waals surface area contributed by atoms with Crippen molar-refractivity contribution in [2.75, 3.05) is 39.3 Å². The molecular weight excluding hydrogens is 324 g/mol. The molecule has 1 aliphatic heterocycles. The van der Waals surface area contributed by atoms with E-state index in [2.05, 4.69) is 20.0 Å². The number of hydrogen-bond donors (Lipinski definition) is 1. The van der Waals surface area contributed by atoms with Crippen LogP contribution in [0, 0.1) is 0 Å². The first-order chi connectivity index (χ1) is 11.7. The minimum Gasteiger partial charge on any atom is -0.469 e. The summed E-state index contributed by atoms with van der Waals surface area (Å²) < 4.78 is 5.37. The quantitative estimate of drug-likeness (QED) is 0.823. The minimum absolute atomic E-state index is 0.422. The molecular formula is C17H24N4O2S. The Hall–Kier alpha value is -1.54. The van der Waals surface area contributed by atoms with Crippen LogP contribution >= 0.6 is 11.3 Å². The Labute approximate surface area is 146 Å². The molecule has 2 aromatic rings. The minimum atomic E-state index is -0.422. The van der Waals surface area contributed by atoms with Crippen molar-refractivity contribution in [2.24, 2.45) is 0 Å². The zero-order chi connectivity index (χ0) is 16.8. The monoisotopic (exact) mass is 348 g/mol. The molecule has 0 unspecified atom stereocenters. The molecule has 1 atom stereocenters. The molecule has 1 aromatic carbocycles. The van der Waals surface area contributed by atoms with Crippen molar-refractivity contribution in [3.8, 4) is 5.19 Å². The Bertz CT molecular complexity index is 614. The zero-order valence-corrected chi connectivity index (χ0v) is 14.8. The summed E-state index contributed by atoms with van der Waals surface area (Å²) in [5.74, 6) is 0. The second kappa shape index (κ2) is 8.53. The van der Waals surface area contributed by atoms with Crippen LogP contribution in [0.1, 0.15) is 23.6 Å². The summed E-state index contributed by atoms with van der Waals surface area (Å²) >= 11 is 1.52. The molecule has 1 N–H and O–H groups in total. The molecule has 24 heavy (non-hydrogen) atoms. The lowest BCUT2D eigenvalue weighted by Gasteiger charge is -2.35. The molecule has 0 aliphatic carbocycles. The van der Waals surface area contributed by atoms with Gasteiger partial charge in [0.05, 0.1) is 19.3 Å². The molecule has 0 bridgehead atoms. The maximum absolute atomic E-state index is 10.3. The Morgan fingerprint density at radius 3 is 2.54 bits per heavy atom. The van der Waals surface area contributed by atoms with Crippen molar-refractivity contribution < 1.29 is 9.84 Å². The van der Waals surface area contributed by atoms with Crippen LogP contribution in [0.15, 0.2) is 30.3 Å². The Morgan fingerprint density at radius 2 is 1.83 bits per heavy atom. The van der Waals surface area contributed by atoms with Gasteiger partial charge in [0.15, 0.2) is 0 Å². The molecule has 0 spiro atoms. The Balaban J connectivity index is 1.43. The molecule has 0 saturated carbocycles. The van der Waals surface area contributed by atoms with Crippen molar-refractivity contribution in [2.45, 2.75) is 19.6 Å². The number of aromatic nitrogens is 2. The van der Waals surface area contributed by atoms with Gasteiger partial charge in [-0.2, -0.15) is 0 Å². The van der Waals surface area contributed by atoms with Gasteiger partial charge in [-0.15, -0.1) is 10.2 Å². The summed E-state index contributed by atoms with van der Waals surface area (Å²) in [5.41, 5.74) is 0.984. The summed E-state index contributed by atoms with van der Waals surface area (Å²) in [6.45, 7) is 7.95. The van der Waals surface area contributed by atoms with E-state index in [1.165, 1.54) is 11.3 Å². The summed E-state index contributed by atoms with van der Waals surface area (Å²) in [7, 11) is 0. The molecule has 0 amide bonds. The van der Waals surface area contributed by atoms with E-state index in [4.69, 9.17) is 4.74 Å². The Kier molecular flexibility index (Phi) is 6.14. The van der Waals surface area contributed by atoms with E-state index in [1.807, 2.05) is 37.3 Å². The third kappa shape index (κ3) is 4.73. The highest BCUT2D eigenvalue weighted by Crippen LogP contribution is 2.20. The van der Waals surface area contributed by atoms with Gasteiger partial charge in [-0.25, -0.2) is 0 Å². The number of piperazine rings is 1. The highest BCUT2D eigenvalue weighted by Gasteiger charge is 2.21. The molecule has 6 nitrogen and oxygen atoms in total. The lowest BCUT2D eigenvalue weighted by molar-refractivity contribution is 0.0700. The van der Waals surface area contributed by atoms with E-state index in [-0.39, 0.29) is 0 Å². The van der Waals surface area contributed by atoms with Gasteiger partial charge in [0.1, 0.15) is 5.01 Å². The fourth-order valence-corrected chi connectivity index (χ4v) is 3.62. The number of rotatable bonds is 7. The van der Waals surface area contributed by atoms with Crippen LogP contribution in [0.25, 0.3) is 0 Å². The highest BCUT2D eigenvalue weighted by molar-refractivity contribution is 7.13. The van der Waals surface area contributed by atoms with E-state index in [1.54, 1.807) is 0 Å². The second-order valence-electron chi connectivity index (χ2n) is 5.90. The van der Waals surface area contributed by atoms with Crippen molar-refractivity contribution in [3.63, 3.8) is 0 Å². The van der Waals surface area contributed by atoms with E-state index < -0.39 is 6.10 Å². The molecule has 1 saturated heterocycles. The van der Waals surface area contributed by atoms with E-state index in [9.17, 15) is 5.11 Å². The number of hydrogen-bond acceptors (Lipinski definition) is 7. The number of benzene rings is 1. The van der Waals surface area contributed by atoms with Crippen LogP contribution in [0.4, 0.5) is 0 Å². The average molecular weight is 348 g/mol. The van der Waals surface area contributed by atoms with Gasteiger partial charge in [-0.05, 0) is 12.5 Å². The van der Waals surface area contributed by atoms with E-state index >= 15 is 0 Å². The predicted octanol–water partition coefficient (Wildman–Crippen LogP) is 1.79. The second-order valence-corrected chi connectivity index (χ2v) is 6.92. The summed E-state index contributed by atoms with van der Waals surface area (Å²) in [6, 6.07) is 9.86. The normalized spacial score (nSPS) is 17.8. The molecule has 1 aliphatic rings. The number of aliphatic hydroxyl groups is 1. The predicted molar refractivity (Wildman–Crippen MR) is 94.2 cm³/mol. The van der Waals surface area contributed by atoms with Crippen LogP contribution < -0.4 is 4.74 Å². The van der Waals surface area contributed by atoms with Crippen LogP contribution in [0.5, 0.6) is 5.19 Å². The first-order valence-corrected chi connectivity index (χ1v) is 9.19. The summed E-state index contributed by atoms with van der Waals surface area (Å²) in [4.78, 5) is 4.70. The molecule has 2 heterocycles. The molecule has 0 radical (unpaired) electrons. The van der Waals surface area contributed by atoms with Crippen LogP contribution in [0.3, 0.4) is 0 Å². The van der Waals surface area contributed by atoms with E-state index in [0.29, 0.717) is 18.3 Å². The lowest BCUT2D eigenvalue weighted by Crippen LogP contribution is -2.47. The third-order valence-corrected chi connectivity index (χ3v) is 4.98. The van der Waals surface area contributed by atoms with Crippen molar-refractivity contribution >= 4 is 11.3 Å². The number of β-amino-alcohol motifs (C(OH)–C–C–N with tert-alkyl or cyclic N) is 1.